The Hall–Kier alpha value is -2.55. The molecule has 2 aromatic rings. The van der Waals surface area contributed by atoms with Crippen LogP contribution in [-0.2, 0) is 4.79 Å². The van der Waals surface area contributed by atoms with Gasteiger partial charge >= 0.3 is 0 Å². The van der Waals surface area contributed by atoms with Crippen molar-refractivity contribution in [2.24, 2.45) is 0 Å². The van der Waals surface area contributed by atoms with E-state index in [9.17, 15) is 4.79 Å². The first-order chi connectivity index (χ1) is 10.1. The number of hydrogen-bond donors (Lipinski definition) is 1. The predicted octanol–water partition coefficient (Wildman–Crippen LogP) is 3.97. The van der Waals surface area contributed by atoms with Crippen molar-refractivity contribution in [3.05, 3.63) is 59.7 Å². The van der Waals surface area contributed by atoms with Gasteiger partial charge in [-0.2, -0.15) is 0 Å². The zero-order chi connectivity index (χ0) is 14.8. The molecule has 2 aromatic carbocycles. The Kier molecular flexibility index (Phi) is 3.48. The highest BCUT2D eigenvalue weighted by Crippen LogP contribution is 2.32. The summed E-state index contributed by atoms with van der Waals surface area (Å²) in [6, 6.07) is 15.5. The van der Waals surface area contributed by atoms with Gasteiger partial charge in [-0.1, -0.05) is 30.3 Å². The molecule has 0 radical (unpaired) electrons. The predicted molar refractivity (Wildman–Crippen MR) is 85.1 cm³/mol. The fourth-order valence-corrected chi connectivity index (χ4v) is 2.36. The highest BCUT2D eigenvalue weighted by molar-refractivity contribution is 6.34. The van der Waals surface area contributed by atoms with Gasteiger partial charge in [-0.05, 0) is 43.7 Å². The van der Waals surface area contributed by atoms with Crippen LogP contribution in [0.1, 0.15) is 25.0 Å². The largest absolute Gasteiger partial charge is 0.491 e. The lowest BCUT2D eigenvalue weighted by atomic mass is 10.0. The highest BCUT2D eigenvalue weighted by atomic mass is 16.5. The summed E-state index contributed by atoms with van der Waals surface area (Å²) in [5, 5.41) is 2.87. The van der Waals surface area contributed by atoms with E-state index in [0.29, 0.717) is 5.57 Å². The standard InChI is InChI=1S/C18H17NO2/c1-12(2)21-14-9-7-13(8-10-14)11-16-15-5-3-4-6-17(15)19-18(16)20/h3-12H,1-2H3,(H,19,20)/b16-11+. The number of anilines is 1. The molecule has 3 rings (SSSR count). The molecule has 0 aromatic heterocycles. The van der Waals surface area contributed by atoms with Crippen LogP contribution in [0.4, 0.5) is 5.69 Å². The minimum atomic E-state index is -0.0568. The van der Waals surface area contributed by atoms with Crippen LogP contribution in [0.5, 0.6) is 5.75 Å². The molecule has 0 atom stereocenters. The maximum atomic E-state index is 12.0. The van der Waals surface area contributed by atoms with Gasteiger partial charge in [-0.3, -0.25) is 4.79 Å². The van der Waals surface area contributed by atoms with E-state index >= 15 is 0 Å². The van der Waals surface area contributed by atoms with Gasteiger partial charge in [0.2, 0.25) is 0 Å². The number of benzene rings is 2. The molecule has 1 N–H and O–H groups in total. The number of amides is 1. The third kappa shape index (κ3) is 2.82. The second-order valence-electron chi connectivity index (χ2n) is 5.29. The molecule has 1 amide bonds. The van der Waals surface area contributed by atoms with Gasteiger partial charge in [0.1, 0.15) is 5.75 Å². The molecule has 1 aliphatic heterocycles. The summed E-state index contributed by atoms with van der Waals surface area (Å²) in [7, 11) is 0. The van der Waals surface area contributed by atoms with Gasteiger partial charge in [-0.15, -0.1) is 0 Å². The Bertz CT molecular complexity index is 699. The topological polar surface area (TPSA) is 38.3 Å². The van der Waals surface area contributed by atoms with Crippen LogP contribution < -0.4 is 10.1 Å². The summed E-state index contributed by atoms with van der Waals surface area (Å²) >= 11 is 0. The van der Waals surface area contributed by atoms with Crippen LogP contribution in [-0.4, -0.2) is 12.0 Å². The van der Waals surface area contributed by atoms with Crippen LogP contribution in [0.15, 0.2) is 48.5 Å². The van der Waals surface area contributed by atoms with Crippen molar-refractivity contribution in [3.63, 3.8) is 0 Å². The molecule has 3 heteroatoms. The van der Waals surface area contributed by atoms with Crippen molar-refractivity contribution >= 4 is 23.2 Å². The summed E-state index contributed by atoms with van der Waals surface area (Å²) in [5.41, 5.74) is 3.50. The van der Waals surface area contributed by atoms with E-state index in [4.69, 9.17) is 4.74 Å². The lowest BCUT2D eigenvalue weighted by Crippen LogP contribution is -2.05. The average Bonchev–Trinajstić information content (AvgIpc) is 2.77. The summed E-state index contributed by atoms with van der Waals surface area (Å²) in [5.74, 6) is 0.780. The van der Waals surface area contributed by atoms with Crippen LogP contribution in [0, 0.1) is 0 Å². The van der Waals surface area contributed by atoms with Gasteiger partial charge in [0, 0.05) is 16.8 Å². The minimum absolute atomic E-state index is 0.0568. The van der Waals surface area contributed by atoms with Crippen LogP contribution in [0.2, 0.25) is 0 Å². The second-order valence-corrected chi connectivity index (χ2v) is 5.29. The van der Waals surface area contributed by atoms with Gasteiger partial charge in [0.25, 0.3) is 5.91 Å². The van der Waals surface area contributed by atoms with Gasteiger partial charge < -0.3 is 10.1 Å². The Balaban J connectivity index is 1.90. The van der Waals surface area contributed by atoms with Crippen LogP contribution in [0.25, 0.3) is 11.6 Å². The molecule has 1 heterocycles. The molecule has 0 aliphatic carbocycles. The molecular formula is C18H17NO2. The van der Waals surface area contributed by atoms with E-state index < -0.39 is 0 Å². The van der Waals surface area contributed by atoms with Crippen molar-refractivity contribution in [1.82, 2.24) is 0 Å². The van der Waals surface area contributed by atoms with E-state index in [2.05, 4.69) is 5.32 Å². The Morgan fingerprint density at radius 1 is 1.05 bits per heavy atom. The summed E-state index contributed by atoms with van der Waals surface area (Å²) in [6.45, 7) is 3.99. The lowest BCUT2D eigenvalue weighted by molar-refractivity contribution is -0.110. The molecule has 3 nitrogen and oxygen atoms in total. The Labute approximate surface area is 124 Å². The van der Waals surface area contributed by atoms with Crippen molar-refractivity contribution in [1.29, 1.82) is 0 Å². The molecule has 0 saturated heterocycles. The maximum Gasteiger partial charge on any atom is 0.256 e. The van der Waals surface area contributed by atoms with Gasteiger partial charge in [0.05, 0.1) is 6.10 Å². The van der Waals surface area contributed by atoms with E-state index in [0.717, 1.165) is 22.6 Å². The zero-order valence-corrected chi connectivity index (χ0v) is 12.1. The zero-order valence-electron chi connectivity index (χ0n) is 12.1. The molecule has 106 valence electrons. The van der Waals surface area contributed by atoms with E-state index in [1.165, 1.54) is 0 Å². The van der Waals surface area contributed by atoms with Crippen LogP contribution in [0.3, 0.4) is 0 Å². The molecule has 0 bridgehead atoms. The molecule has 0 saturated carbocycles. The number of hydrogen-bond acceptors (Lipinski definition) is 2. The SMILES string of the molecule is CC(C)Oc1ccc(/C=C2/C(=O)Nc3ccccc32)cc1. The molecule has 0 spiro atoms. The maximum absolute atomic E-state index is 12.0. The van der Waals surface area contributed by atoms with Crippen molar-refractivity contribution in [2.45, 2.75) is 20.0 Å². The first kappa shape index (κ1) is 13.4. The van der Waals surface area contributed by atoms with E-state index in [-0.39, 0.29) is 12.0 Å². The van der Waals surface area contributed by atoms with E-state index in [1.807, 2.05) is 68.5 Å². The van der Waals surface area contributed by atoms with E-state index in [1.54, 1.807) is 0 Å². The van der Waals surface area contributed by atoms with Crippen molar-refractivity contribution < 1.29 is 9.53 Å². The molecule has 21 heavy (non-hydrogen) atoms. The summed E-state index contributed by atoms with van der Waals surface area (Å²) < 4.78 is 5.62. The smallest absolute Gasteiger partial charge is 0.256 e. The highest BCUT2D eigenvalue weighted by Gasteiger charge is 2.23. The first-order valence-electron chi connectivity index (χ1n) is 7.02. The number of para-hydroxylation sites is 1. The minimum Gasteiger partial charge on any atom is -0.491 e. The average molecular weight is 279 g/mol. The monoisotopic (exact) mass is 279 g/mol. The molecular weight excluding hydrogens is 262 g/mol. The fraction of sp³-hybridized carbons (Fsp3) is 0.167. The lowest BCUT2D eigenvalue weighted by Gasteiger charge is -2.09. The number of fused-ring (bicyclic) bond motifs is 1. The molecule has 0 fully saturated rings. The molecule has 0 unspecified atom stereocenters. The number of carbonyl (C=O) groups excluding carboxylic acids is 1. The Morgan fingerprint density at radius 2 is 1.76 bits per heavy atom. The first-order valence-corrected chi connectivity index (χ1v) is 7.02. The third-order valence-corrected chi connectivity index (χ3v) is 3.27. The normalized spacial score (nSPS) is 15.2. The summed E-state index contributed by atoms with van der Waals surface area (Å²) in [4.78, 5) is 12.0. The van der Waals surface area contributed by atoms with Crippen molar-refractivity contribution in [2.75, 3.05) is 5.32 Å². The number of rotatable bonds is 3. The third-order valence-electron chi connectivity index (χ3n) is 3.27. The molecule has 1 aliphatic rings. The number of nitrogens with one attached hydrogen (secondary N) is 1. The number of ether oxygens (including phenoxy) is 1. The quantitative estimate of drug-likeness (QED) is 0.863. The Morgan fingerprint density at radius 3 is 2.48 bits per heavy atom. The van der Waals surface area contributed by atoms with Gasteiger partial charge in [-0.25, -0.2) is 0 Å². The van der Waals surface area contributed by atoms with Crippen LogP contribution >= 0.6 is 0 Å². The van der Waals surface area contributed by atoms with Crippen molar-refractivity contribution in [3.8, 4) is 5.75 Å². The fourth-order valence-electron chi connectivity index (χ4n) is 2.36. The second kappa shape index (κ2) is 5.44. The summed E-state index contributed by atoms with van der Waals surface area (Å²) in [6.07, 6.45) is 2.06. The number of carbonyl (C=O) groups is 1. The van der Waals surface area contributed by atoms with Gasteiger partial charge in [0.15, 0.2) is 0 Å².